The van der Waals surface area contributed by atoms with Gasteiger partial charge in [0.1, 0.15) is 5.75 Å². The van der Waals surface area contributed by atoms with Crippen LogP contribution in [0, 0.1) is 0 Å². The maximum Gasteiger partial charge on any atom is 0.387 e. The Morgan fingerprint density at radius 2 is 1.94 bits per heavy atom. The third kappa shape index (κ3) is 4.55. The van der Waals surface area contributed by atoms with Crippen molar-refractivity contribution in [2.75, 3.05) is 0 Å². The normalized spacial score (nSPS) is 12.8. The van der Waals surface area contributed by atoms with Gasteiger partial charge in [0.05, 0.1) is 0 Å². The van der Waals surface area contributed by atoms with E-state index in [-0.39, 0.29) is 11.8 Å². The van der Waals surface area contributed by atoms with Crippen molar-refractivity contribution in [3.05, 3.63) is 29.8 Å². The zero-order valence-corrected chi connectivity index (χ0v) is 9.12. The number of hydrazine groups is 1. The smallest absolute Gasteiger partial charge is 0.387 e. The lowest BCUT2D eigenvalue weighted by Crippen LogP contribution is -2.32. The first-order chi connectivity index (χ1) is 7.61. The van der Waals surface area contributed by atoms with Gasteiger partial charge in [0.2, 0.25) is 0 Å². The van der Waals surface area contributed by atoms with E-state index in [9.17, 15) is 8.78 Å². The molecule has 3 N–H and O–H groups in total. The average Bonchev–Trinajstić information content (AvgIpc) is 2.27. The van der Waals surface area contributed by atoms with E-state index in [4.69, 9.17) is 5.84 Å². The Labute approximate surface area is 93.6 Å². The summed E-state index contributed by atoms with van der Waals surface area (Å²) < 4.78 is 28.0. The molecule has 16 heavy (non-hydrogen) atoms. The standard InChI is InChI=1S/C11H16F2N2O/c1-8(15-14)2-3-9-4-6-10(7-5-9)16-11(12)13/h4-8,11,15H,2-3,14H2,1H3. The molecule has 1 aromatic carbocycles. The maximum atomic E-state index is 11.9. The summed E-state index contributed by atoms with van der Waals surface area (Å²) in [6.45, 7) is -0.791. The van der Waals surface area contributed by atoms with Crippen molar-refractivity contribution in [3.8, 4) is 5.75 Å². The number of nitrogens with two attached hydrogens (primary N) is 1. The summed E-state index contributed by atoms with van der Waals surface area (Å²) >= 11 is 0. The number of benzene rings is 1. The summed E-state index contributed by atoms with van der Waals surface area (Å²) in [5, 5.41) is 0. The molecular weight excluding hydrogens is 214 g/mol. The van der Waals surface area contributed by atoms with E-state index in [1.165, 1.54) is 0 Å². The summed E-state index contributed by atoms with van der Waals surface area (Å²) in [6, 6.07) is 6.88. The predicted octanol–water partition coefficient (Wildman–Crippen LogP) is 2.07. The van der Waals surface area contributed by atoms with Crippen LogP contribution in [0.3, 0.4) is 0 Å². The summed E-state index contributed by atoms with van der Waals surface area (Å²) in [5.41, 5.74) is 3.72. The lowest BCUT2D eigenvalue weighted by Gasteiger charge is -2.10. The van der Waals surface area contributed by atoms with E-state index < -0.39 is 6.61 Å². The molecule has 0 heterocycles. The van der Waals surface area contributed by atoms with Crippen molar-refractivity contribution < 1.29 is 13.5 Å². The average molecular weight is 230 g/mol. The predicted molar refractivity (Wildman–Crippen MR) is 58.2 cm³/mol. The molecule has 0 radical (unpaired) electrons. The van der Waals surface area contributed by atoms with Crippen molar-refractivity contribution in [3.63, 3.8) is 0 Å². The second-order valence-corrected chi connectivity index (χ2v) is 3.63. The molecule has 1 atom stereocenters. The highest BCUT2D eigenvalue weighted by Gasteiger charge is 2.04. The Morgan fingerprint density at radius 3 is 2.44 bits per heavy atom. The van der Waals surface area contributed by atoms with E-state index in [0.29, 0.717) is 0 Å². The Hall–Kier alpha value is -1.20. The van der Waals surface area contributed by atoms with Crippen molar-refractivity contribution in [2.45, 2.75) is 32.4 Å². The number of ether oxygens (including phenoxy) is 1. The highest BCUT2D eigenvalue weighted by molar-refractivity contribution is 5.27. The fourth-order valence-electron chi connectivity index (χ4n) is 1.30. The fraction of sp³-hybridized carbons (Fsp3) is 0.455. The minimum absolute atomic E-state index is 0.184. The Kier molecular flexibility index (Phi) is 5.14. The second-order valence-electron chi connectivity index (χ2n) is 3.63. The molecule has 0 saturated carbocycles. The third-order valence-electron chi connectivity index (χ3n) is 2.30. The second kappa shape index (κ2) is 6.40. The zero-order valence-electron chi connectivity index (χ0n) is 9.12. The first-order valence-corrected chi connectivity index (χ1v) is 5.11. The summed E-state index contributed by atoms with van der Waals surface area (Å²) in [6.07, 6.45) is 1.74. The van der Waals surface area contributed by atoms with Gasteiger partial charge < -0.3 is 4.74 Å². The van der Waals surface area contributed by atoms with Gasteiger partial charge in [-0.05, 0) is 37.5 Å². The number of alkyl halides is 2. The molecule has 0 fully saturated rings. The molecule has 5 heteroatoms. The molecule has 0 aliphatic carbocycles. The van der Waals surface area contributed by atoms with Gasteiger partial charge in [-0.15, -0.1) is 0 Å². The maximum absolute atomic E-state index is 11.9. The van der Waals surface area contributed by atoms with Gasteiger partial charge in [-0.3, -0.25) is 11.3 Å². The van der Waals surface area contributed by atoms with Gasteiger partial charge in [-0.1, -0.05) is 12.1 Å². The van der Waals surface area contributed by atoms with Gasteiger partial charge in [-0.2, -0.15) is 8.78 Å². The van der Waals surface area contributed by atoms with E-state index in [0.717, 1.165) is 18.4 Å². The van der Waals surface area contributed by atoms with Crippen LogP contribution in [0.15, 0.2) is 24.3 Å². The highest BCUT2D eigenvalue weighted by Crippen LogP contribution is 2.15. The Bertz CT molecular complexity index is 303. The quantitative estimate of drug-likeness (QED) is 0.581. The molecule has 3 nitrogen and oxygen atoms in total. The largest absolute Gasteiger partial charge is 0.435 e. The monoisotopic (exact) mass is 230 g/mol. The summed E-state index contributed by atoms with van der Waals surface area (Å²) in [4.78, 5) is 0. The first kappa shape index (κ1) is 12.9. The molecule has 0 aliphatic heterocycles. The fourth-order valence-corrected chi connectivity index (χ4v) is 1.30. The number of hydrogen-bond donors (Lipinski definition) is 2. The van der Waals surface area contributed by atoms with Crippen LogP contribution < -0.4 is 16.0 Å². The molecular formula is C11H16F2N2O. The molecule has 90 valence electrons. The van der Waals surface area contributed by atoms with E-state index in [1.807, 2.05) is 6.92 Å². The Balaban J connectivity index is 2.45. The van der Waals surface area contributed by atoms with E-state index in [1.54, 1.807) is 24.3 Å². The molecule has 0 bridgehead atoms. The van der Waals surface area contributed by atoms with Crippen molar-refractivity contribution in [1.82, 2.24) is 5.43 Å². The van der Waals surface area contributed by atoms with Gasteiger partial charge >= 0.3 is 6.61 Å². The number of hydrogen-bond acceptors (Lipinski definition) is 3. The van der Waals surface area contributed by atoms with E-state index >= 15 is 0 Å². The van der Waals surface area contributed by atoms with Gasteiger partial charge in [-0.25, -0.2) is 0 Å². The lowest BCUT2D eigenvalue weighted by molar-refractivity contribution is -0.0498. The zero-order chi connectivity index (χ0) is 12.0. The minimum Gasteiger partial charge on any atom is -0.435 e. The number of halogens is 2. The van der Waals surface area contributed by atoms with Crippen LogP contribution >= 0.6 is 0 Å². The van der Waals surface area contributed by atoms with Crippen molar-refractivity contribution in [1.29, 1.82) is 0 Å². The van der Waals surface area contributed by atoms with Crippen molar-refractivity contribution >= 4 is 0 Å². The topological polar surface area (TPSA) is 47.3 Å². The summed E-state index contributed by atoms with van der Waals surface area (Å²) in [5.74, 6) is 5.45. The van der Waals surface area contributed by atoms with Crippen LogP contribution in [0.25, 0.3) is 0 Å². The van der Waals surface area contributed by atoms with Gasteiger partial charge in [0.25, 0.3) is 0 Å². The highest BCUT2D eigenvalue weighted by atomic mass is 19.3. The summed E-state index contributed by atoms with van der Waals surface area (Å²) in [7, 11) is 0. The SMILES string of the molecule is CC(CCc1ccc(OC(F)F)cc1)NN. The van der Waals surface area contributed by atoms with Crippen LogP contribution in [-0.2, 0) is 6.42 Å². The molecule has 1 unspecified atom stereocenters. The number of rotatable bonds is 6. The number of nitrogens with one attached hydrogen (secondary N) is 1. The molecule has 0 aliphatic rings. The van der Waals surface area contributed by atoms with Crippen molar-refractivity contribution in [2.24, 2.45) is 5.84 Å². The van der Waals surface area contributed by atoms with Crippen LogP contribution in [-0.4, -0.2) is 12.7 Å². The Morgan fingerprint density at radius 1 is 1.31 bits per heavy atom. The molecule has 1 rings (SSSR count). The third-order valence-corrected chi connectivity index (χ3v) is 2.30. The molecule has 0 saturated heterocycles. The lowest BCUT2D eigenvalue weighted by atomic mass is 10.1. The van der Waals surface area contributed by atoms with Gasteiger partial charge in [0, 0.05) is 6.04 Å². The molecule has 0 aromatic heterocycles. The van der Waals surface area contributed by atoms with Crippen LogP contribution in [0.5, 0.6) is 5.75 Å². The van der Waals surface area contributed by atoms with Crippen LogP contribution in [0.1, 0.15) is 18.9 Å². The molecule has 0 amide bonds. The molecule has 1 aromatic rings. The van der Waals surface area contributed by atoms with Crippen LogP contribution in [0.2, 0.25) is 0 Å². The van der Waals surface area contributed by atoms with Gasteiger partial charge in [0.15, 0.2) is 0 Å². The molecule has 0 spiro atoms. The first-order valence-electron chi connectivity index (χ1n) is 5.11. The van der Waals surface area contributed by atoms with E-state index in [2.05, 4.69) is 10.2 Å². The van der Waals surface area contributed by atoms with Crippen LogP contribution in [0.4, 0.5) is 8.78 Å². The number of aryl methyl sites for hydroxylation is 1. The minimum atomic E-state index is -2.77.